The van der Waals surface area contributed by atoms with Crippen molar-refractivity contribution >= 4 is 23.3 Å². The van der Waals surface area contributed by atoms with Gasteiger partial charge in [0.2, 0.25) is 5.28 Å². The fourth-order valence-corrected chi connectivity index (χ4v) is 1.78. The van der Waals surface area contributed by atoms with Crippen LogP contribution >= 0.6 is 11.6 Å². The largest absolute Gasteiger partial charge is 0.460 e. The standard InChI is InChI=1S/C13H11ClN4O2/c1-3-20-12(19)11-16-13(14)18(17-11)8-9-5-4-6-10(7-9)15-2/h4-7H,3,8H2,1H3. The molecule has 0 aliphatic carbocycles. The molecule has 2 rings (SSSR count). The summed E-state index contributed by atoms with van der Waals surface area (Å²) >= 11 is 5.93. The van der Waals surface area contributed by atoms with Crippen LogP contribution in [0.25, 0.3) is 4.85 Å². The number of nitrogens with zero attached hydrogens (tertiary/aromatic N) is 4. The van der Waals surface area contributed by atoms with E-state index in [0.717, 1.165) is 5.56 Å². The summed E-state index contributed by atoms with van der Waals surface area (Å²) in [5, 5.41) is 4.10. The van der Waals surface area contributed by atoms with E-state index >= 15 is 0 Å². The highest BCUT2D eigenvalue weighted by Gasteiger charge is 2.16. The molecule has 0 aliphatic rings. The van der Waals surface area contributed by atoms with Gasteiger partial charge in [-0.3, -0.25) is 0 Å². The molecule has 0 fully saturated rings. The van der Waals surface area contributed by atoms with E-state index in [0.29, 0.717) is 12.2 Å². The predicted octanol–water partition coefficient (Wildman–Crippen LogP) is 2.71. The summed E-state index contributed by atoms with van der Waals surface area (Å²) in [6, 6.07) is 7.06. The molecule has 102 valence electrons. The Morgan fingerprint density at radius 1 is 1.55 bits per heavy atom. The number of carbonyl (C=O) groups is 1. The van der Waals surface area contributed by atoms with Crippen LogP contribution in [0.15, 0.2) is 24.3 Å². The predicted molar refractivity (Wildman–Crippen MR) is 72.8 cm³/mol. The number of aromatic nitrogens is 3. The molecule has 0 atom stereocenters. The van der Waals surface area contributed by atoms with Gasteiger partial charge in [0, 0.05) is 0 Å². The van der Waals surface area contributed by atoms with E-state index in [-0.39, 0.29) is 17.7 Å². The third kappa shape index (κ3) is 3.13. The average Bonchev–Trinajstić information content (AvgIpc) is 2.81. The molecule has 1 aromatic carbocycles. The maximum Gasteiger partial charge on any atom is 0.378 e. The number of ether oxygens (including phenoxy) is 1. The van der Waals surface area contributed by atoms with Crippen molar-refractivity contribution in [2.45, 2.75) is 13.5 Å². The smallest absolute Gasteiger partial charge is 0.378 e. The molecule has 0 N–H and O–H groups in total. The lowest BCUT2D eigenvalue weighted by Crippen LogP contribution is -2.08. The topological polar surface area (TPSA) is 61.4 Å². The Labute approximate surface area is 120 Å². The lowest BCUT2D eigenvalue weighted by molar-refractivity contribution is 0.0511. The van der Waals surface area contributed by atoms with Crippen LogP contribution in [0.4, 0.5) is 5.69 Å². The average molecular weight is 291 g/mol. The summed E-state index contributed by atoms with van der Waals surface area (Å²) < 4.78 is 6.19. The van der Waals surface area contributed by atoms with Crippen molar-refractivity contribution in [1.82, 2.24) is 14.8 Å². The molecule has 0 radical (unpaired) electrons. The highest BCUT2D eigenvalue weighted by molar-refractivity contribution is 6.28. The Balaban J connectivity index is 2.21. The van der Waals surface area contributed by atoms with E-state index in [2.05, 4.69) is 14.9 Å². The molecule has 1 aromatic heterocycles. The van der Waals surface area contributed by atoms with Gasteiger partial charge in [-0.25, -0.2) is 14.3 Å². The molecule has 20 heavy (non-hydrogen) atoms. The third-order valence-electron chi connectivity index (χ3n) is 2.46. The van der Waals surface area contributed by atoms with Crippen LogP contribution in [-0.4, -0.2) is 27.3 Å². The maximum absolute atomic E-state index is 11.5. The van der Waals surface area contributed by atoms with Crippen molar-refractivity contribution in [3.63, 3.8) is 0 Å². The van der Waals surface area contributed by atoms with Gasteiger partial charge < -0.3 is 4.74 Å². The van der Waals surface area contributed by atoms with E-state index < -0.39 is 5.97 Å². The zero-order valence-corrected chi connectivity index (χ0v) is 11.5. The molecule has 0 spiro atoms. The first-order valence-corrected chi connectivity index (χ1v) is 6.25. The SMILES string of the molecule is [C-]#[N+]c1cccc(Cn2nc(C(=O)OCC)nc2Cl)c1. The second-order valence-electron chi connectivity index (χ2n) is 3.86. The Kier molecular flexibility index (Phi) is 4.33. The summed E-state index contributed by atoms with van der Waals surface area (Å²) in [6.07, 6.45) is 0. The van der Waals surface area contributed by atoms with Gasteiger partial charge >= 0.3 is 5.97 Å². The quantitative estimate of drug-likeness (QED) is 0.641. The Bertz CT molecular complexity index is 675. The van der Waals surface area contributed by atoms with E-state index in [1.165, 1.54) is 4.68 Å². The van der Waals surface area contributed by atoms with Crippen LogP contribution in [0.2, 0.25) is 5.28 Å². The van der Waals surface area contributed by atoms with Crippen molar-refractivity contribution in [3.8, 4) is 0 Å². The third-order valence-corrected chi connectivity index (χ3v) is 2.74. The van der Waals surface area contributed by atoms with Crippen LogP contribution in [0.5, 0.6) is 0 Å². The van der Waals surface area contributed by atoms with E-state index in [4.69, 9.17) is 22.9 Å². The van der Waals surface area contributed by atoms with Gasteiger partial charge in [-0.1, -0.05) is 24.3 Å². The molecule has 2 aromatic rings. The van der Waals surface area contributed by atoms with Gasteiger partial charge in [-0.2, -0.15) is 4.98 Å². The van der Waals surface area contributed by atoms with Crippen molar-refractivity contribution in [1.29, 1.82) is 0 Å². The lowest BCUT2D eigenvalue weighted by Gasteiger charge is -2.02. The molecule has 0 unspecified atom stereocenters. The maximum atomic E-state index is 11.5. The molecule has 0 amide bonds. The number of rotatable bonds is 4. The number of hydrogen-bond donors (Lipinski definition) is 0. The number of halogens is 1. The van der Waals surface area contributed by atoms with E-state index in [1.54, 1.807) is 25.1 Å². The Morgan fingerprint density at radius 2 is 2.35 bits per heavy atom. The first kappa shape index (κ1) is 14.0. The molecular weight excluding hydrogens is 280 g/mol. The summed E-state index contributed by atoms with van der Waals surface area (Å²) in [6.45, 7) is 9.25. The minimum Gasteiger partial charge on any atom is -0.460 e. The Morgan fingerprint density at radius 3 is 3.05 bits per heavy atom. The second kappa shape index (κ2) is 6.17. The minimum atomic E-state index is -0.608. The monoisotopic (exact) mass is 290 g/mol. The molecule has 0 saturated carbocycles. The van der Waals surface area contributed by atoms with Gasteiger partial charge in [-0.05, 0) is 24.1 Å². The van der Waals surface area contributed by atoms with Gasteiger partial charge in [0.15, 0.2) is 5.69 Å². The van der Waals surface area contributed by atoms with Gasteiger partial charge in [-0.15, -0.1) is 5.10 Å². The fraction of sp³-hybridized carbons (Fsp3) is 0.231. The first-order chi connectivity index (χ1) is 9.63. The summed E-state index contributed by atoms with van der Waals surface area (Å²) in [7, 11) is 0. The lowest BCUT2D eigenvalue weighted by atomic mass is 10.2. The van der Waals surface area contributed by atoms with Crippen molar-refractivity contribution in [3.05, 3.63) is 52.4 Å². The van der Waals surface area contributed by atoms with Gasteiger partial charge in [0.1, 0.15) is 0 Å². The van der Waals surface area contributed by atoms with Crippen LogP contribution in [-0.2, 0) is 11.3 Å². The van der Waals surface area contributed by atoms with E-state index in [1.807, 2.05) is 6.07 Å². The Hall–Kier alpha value is -2.39. The molecule has 1 heterocycles. The summed E-state index contributed by atoms with van der Waals surface area (Å²) in [5.74, 6) is -0.679. The number of hydrogen-bond acceptors (Lipinski definition) is 4. The molecular formula is C13H11ClN4O2. The number of carbonyl (C=O) groups excluding carboxylic acids is 1. The summed E-state index contributed by atoms with van der Waals surface area (Å²) in [5.41, 5.74) is 1.38. The minimum absolute atomic E-state index is 0.0711. The molecule has 0 bridgehead atoms. The van der Waals surface area contributed by atoms with E-state index in [9.17, 15) is 4.79 Å². The molecule has 6 nitrogen and oxygen atoms in total. The van der Waals surface area contributed by atoms with Gasteiger partial charge in [0.05, 0.1) is 19.7 Å². The number of benzene rings is 1. The molecule has 0 saturated heterocycles. The van der Waals surface area contributed by atoms with Crippen LogP contribution < -0.4 is 0 Å². The molecule has 7 heteroatoms. The van der Waals surface area contributed by atoms with Crippen molar-refractivity contribution < 1.29 is 9.53 Å². The number of esters is 1. The zero-order valence-electron chi connectivity index (χ0n) is 10.7. The first-order valence-electron chi connectivity index (χ1n) is 5.88. The van der Waals surface area contributed by atoms with Crippen LogP contribution in [0.3, 0.4) is 0 Å². The van der Waals surface area contributed by atoms with Crippen molar-refractivity contribution in [2.75, 3.05) is 6.61 Å². The van der Waals surface area contributed by atoms with Crippen molar-refractivity contribution in [2.24, 2.45) is 0 Å². The van der Waals surface area contributed by atoms with Gasteiger partial charge in [0.25, 0.3) is 5.82 Å². The second-order valence-corrected chi connectivity index (χ2v) is 4.20. The zero-order chi connectivity index (χ0) is 14.5. The summed E-state index contributed by atoms with van der Waals surface area (Å²) in [4.78, 5) is 18.7. The highest BCUT2D eigenvalue weighted by atomic mass is 35.5. The molecule has 0 aliphatic heterocycles. The normalized spacial score (nSPS) is 10.1. The van der Waals surface area contributed by atoms with Crippen LogP contribution in [0.1, 0.15) is 23.1 Å². The highest BCUT2D eigenvalue weighted by Crippen LogP contribution is 2.16. The van der Waals surface area contributed by atoms with Crippen LogP contribution in [0, 0.1) is 6.57 Å². The fourth-order valence-electron chi connectivity index (χ4n) is 1.60.